The molecule has 3 aliphatic carbocycles. The van der Waals surface area contributed by atoms with Gasteiger partial charge in [-0.15, -0.1) is 0 Å². The van der Waals surface area contributed by atoms with E-state index in [0.717, 1.165) is 24.2 Å². The molecule has 0 radical (unpaired) electrons. The van der Waals surface area contributed by atoms with Crippen molar-refractivity contribution in [2.75, 3.05) is 4.90 Å². The Morgan fingerprint density at radius 2 is 1.15 bits per heavy atom. The maximum absolute atomic E-state index is 2.57. The molecule has 8 aromatic carbocycles. The summed E-state index contributed by atoms with van der Waals surface area (Å²) in [5.74, 6) is 0.430. The van der Waals surface area contributed by atoms with E-state index in [1.165, 1.54) is 88.5 Å². The van der Waals surface area contributed by atoms with E-state index in [0.29, 0.717) is 0 Å². The molecule has 0 amide bonds. The van der Waals surface area contributed by atoms with Crippen LogP contribution in [0.2, 0.25) is 0 Å². The average Bonchev–Trinajstić information content (AvgIpc) is 3.96. The number of anilines is 3. The molecule has 0 N–H and O–H groups in total. The van der Waals surface area contributed by atoms with Gasteiger partial charge in [0, 0.05) is 56.0 Å². The summed E-state index contributed by atoms with van der Waals surface area (Å²) in [6.45, 7) is 0. The van der Waals surface area contributed by atoms with Gasteiger partial charge in [0.2, 0.25) is 0 Å². The summed E-state index contributed by atoms with van der Waals surface area (Å²) in [5.41, 5.74) is 19.5. The minimum atomic E-state index is -0.331. The fourth-order valence-corrected chi connectivity index (χ4v) is 12.5. The van der Waals surface area contributed by atoms with E-state index in [9.17, 15) is 0 Å². The van der Waals surface area contributed by atoms with E-state index < -0.39 is 0 Å². The monoisotopic (exact) mass is 791 g/mol. The summed E-state index contributed by atoms with van der Waals surface area (Å²) in [7, 11) is 0. The van der Waals surface area contributed by atoms with Gasteiger partial charge in [-0.2, -0.15) is 0 Å². The third-order valence-corrected chi connectivity index (χ3v) is 14.7. The van der Waals surface area contributed by atoms with Gasteiger partial charge >= 0.3 is 0 Å². The van der Waals surface area contributed by atoms with Crippen molar-refractivity contribution in [1.82, 2.24) is 9.13 Å². The van der Waals surface area contributed by atoms with Crippen molar-refractivity contribution in [2.24, 2.45) is 11.8 Å². The Morgan fingerprint density at radius 1 is 0.484 bits per heavy atom. The van der Waals surface area contributed by atoms with Crippen molar-refractivity contribution in [1.29, 1.82) is 0 Å². The molecule has 3 heteroatoms. The Hall–Kier alpha value is -7.62. The Balaban J connectivity index is 1.05. The zero-order chi connectivity index (χ0) is 40.5. The molecule has 4 aliphatic rings. The maximum Gasteiger partial charge on any atom is 0.0585 e. The smallest absolute Gasteiger partial charge is 0.0585 e. The lowest BCUT2D eigenvalue weighted by molar-refractivity contribution is 0.419. The summed E-state index contributed by atoms with van der Waals surface area (Å²) in [6, 6.07) is 70.3. The van der Waals surface area contributed by atoms with Gasteiger partial charge in [-0.1, -0.05) is 146 Å². The van der Waals surface area contributed by atoms with Gasteiger partial charge in [-0.25, -0.2) is 0 Å². The molecule has 1 spiro atoms. The highest BCUT2D eigenvalue weighted by Crippen LogP contribution is 2.67. The van der Waals surface area contributed by atoms with Crippen LogP contribution >= 0.6 is 0 Å². The first-order valence-corrected chi connectivity index (χ1v) is 22.1. The molecule has 0 fully saturated rings. The Morgan fingerprint density at radius 3 is 2.00 bits per heavy atom. The van der Waals surface area contributed by atoms with Crippen LogP contribution in [0, 0.1) is 11.8 Å². The van der Waals surface area contributed by atoms with Gasteiger partial charge in [-0.05, 0) is 107 Å². The lowest BCUT2D eigenvalue weighted by atomic mass is 9.59. The number of allylic oxidation sites excluding steroid dienone is 6. The molecule has 3 nitrogen and oxygen atoms in total. The molecule has 3 unspecified atom stereocenters. The maximum atomic E-state index is 2.57. The fraction of sp³-hybridized carbons (Fsp3) is 0.0847. The van der Waals surface area contributed by atoms with Gasteiger partial charge in [0.15, 0.2) is 0 Å². The Labute approximate surface area is 360 Å². The highest BCUT2D eigenvalue weighted by molar-refractivity contribution is 6.13. The summed E-state index contributed by atoms with van der Waals surface area (Å²) < 4.78 is 4.98. The molecular weight excluding hydrogens is 751 g/mol. The number of hydrogen-bond acceptors (Lipinski definition) is 1. The Bertz CT molecular complexity index is 3600. The van der Waals surface area contributed by atoms with E-state index in [1.807, 2.05) is 0 Å². The molecule has 0 bridgehead atoms. The van der Waals surface area contributed by atoms with Gasteiger partial charge in [0.05, 0.1) is 38.9 Å². The normalized spacial score (nSPS) is 19.4. The first-order chi connectivity index (χ1) is 30.8. The van der Waals surface area contributed by atoms with Crippen LogP contribution in [0.15, 0.2) is 218 Å². The molecule has 14 rings (SSSR count). The standard InChI is InChI=1S/C59H41N3/c1-3-18-39(19-4-1)60(41-34-36-53-46(37-41)43-23-9-12-29-51(43)61(53)40-20-5-2-6-21-40)55-32-15-17-38-33-35-49-57(56(38)55)45-24-7-10-26-47(45)59(49)48-27-11-14-31-54(48)62-52-30-13-8-22-42(52)44-25-16-28-50(59)58(44)62/h1-32,34,36-37,45,47H,33,35H2. The van der Waals surface area contributed by atoms with Crippen LogP contribution in [0.1, 0.15) is 28.7 Å². The molecule has 10 aromatic rings. The zero-order valence-electron chi connectivity index (χ0n) is 34.1. The number of nitrogens with zero attached hydrogens (tertiary/aromatic N) is 3. The van der Waals surface area contributed by atoms with E-state index in [4.69, 9.17) is 0 Å². The molecule has 0 saturated heterocycles. The van der Waals surface area contributed by atoms with Crippen molar-refractivity contribution >= 4 is 66.2 Å². The number of hydrogen-bond donors (Lipinski definition) is 0. The van der Waals surface area contributed by atoms with Crippen LogP contribution in [0.3, 0.4) is 0 Å². The van der Waals surface area contributed by atoms with Crippen LogP contribution in [0.5, 0.6) is 0 Å². The first-order valence-electron chi connectivity index (χ1n) is 22.1. The lowest BCUT2D eigenvalue weighted by Gasteiger charge is -2.45. The molecule has 1 aliphatic heterocycles. The molecule has 62 heavy (non-hydrogen) atoms. The number of para-hydroxylation sites is 6. The minimum Gasteiger partial charge on any atom is -0.310 e. The van der Waals surface area contributed by atoms with E-state index in [2.05, 4.69) is 226 Å². The largest absolute Gasteiger partial charge is 0.310 e. The van der Waals surface area contributed by atoms with E-state index >= 15 is 0 Å². The summed E-state index contributed by atoms with van der Waals surface area (Å²) >= 11 is 0. The highest BCUT2D eigenvalue weighted by atomic mass is 15.1. The van der Waals surface area contributed by atoms with Crippen LogP contribution in [0.4, 0.5) is 17.1 Å². The SMILES string of the molecule is C1=CC2C3=C(CCc4cccc(N(c5ccccc5)c5ccc6c(c5)c5ccccc5n6-c5ccccc5)c43)C3(c4ccccc4-n4c5ccccc5c5cccc3c54)C2C=C1. The first kappa shape index (κ1) is 34.1. The number of aryl methyl sites for hydroxylation is 1. The topological polar surface area (TPSA) is 13.1 Å². The van der Waals surface area contributed by atoms with Gasteiger partial charge in [0.25, 0.3) is 0 Å². The summed E-state index contributed by atoms with van der Waals surface area (Å²) in [6.07, 6.45) is 11.7. The van der Waals surface area contributed by atoms with Gasteiger partial charge in [0.1, 0.15) is 0 Å². The van der Waals surface area contributed by atoms with Gasteiger partial charge in [-0.3, -0.25) is 0 Å². The lowest BCUT2D eigenvalue weighted by Crippen LogP contribution is -2.40. The average molecular weight is 792 g/mol. The van der Waals surface area contributed by atoms with Crippen molar-refractivity contribution in [2.45, 2.75) is 18.3 Å². The molecule has 3 heterocycles. The van der Waals surface area contributed by atoms with Crippen molar-refractivity contribution in [3.8, 4) is 11.4 Å². The highest BCUT2D eigenvalue weighted by Gasteiger charge is 2.58. The van der Waals surface area contributed by atoms with Crippen molar-refractivity contribution < 1.29 is 0 Å². The molecule has 0 saturated carbocycles. The van der Waals surface area contributed by atoms with E-state index in [1.54, 1.807) is 5.57 Å². The van der Waals surface area contributed by atoms with Crippen molar-refractivity contribution in [3.05, 3.63) is 240 Å². The predicted molar refractivity (Wildman–Crippen MR) is 258 cm³/mol. The molecule has 2 aromatic heterocycles. The van der Waals surface area contributed by atoms with Crippen LogP contribution < -0.4 is 4.90 Å². The quantitative estimate of drug-likeness (QED) is 0.173. The van der Waals surface area contributed by atoms with Crippen molar-refractivity contribution in [3.63, 3.8) is 0 Å². The zero-order valence-corrected chi connectivity index (χ0v) is 34.1. The van der Waals surface area contributed by atoms with Gasteiger partial charge < -0.3 is 14.0 Å². The molecule has 292 valence electrons. The van der Waals surface area contributed by atoms with Crippen LogP contribution in [-0.2, 0) is 11.8 Å². The summed E-state index contributed by atoms with van der Waals surface area (Å²) in [5, 5.41) is 5.15. The molecule has 3 atom stereocenters. The Kier molecular flexibility index (Phi) is 6.99. The second-order valence-electron chi connectivity index (χ2n) is 17.5. The predicted octanol–water partition coefficient (Wildman–Crippen LogP) is 14.7. The number of fused-ring (bicyclic) bond motifs is 16. The summed E-state index contributed by atoms with van der Waals surface area (Å²) in [4.78, 5) is 2.54. The number of rotatable bonds is 4. The number of benzene rings is 8. The van der Waals surface area contributed by atoms with Crippen LogP contribution in [0.25, 0.3) is 60.6 Å². The van der Waals surface area contributed by atoms with Crippen LogP contribution in [-0.4, -0.2) is 9.13 Å². The second-order valence-corrected chi connectivity index (χ2v) is 17.5. The number of aromatic nitrogens is 2. The fourth-order valence-electron chi connectivity index (χ4n) is 12.5. The molecular formula is C59H41N3. The van der Waals surface area contributed by atoms with E-state index in [-0.39, 0.29) is 17.3 Å². The minimum absolute atomic E-state index is 0.207. The second kappa shape index (κ2) is 12.7. The third-order valence-electron chi connectivity index (χ3n) is 14.7. The third kappa shape index (κ3) is 4.35.